The molecule has 90 valence electrons. The van der Waals surface area contributed by atoms with Gasteiger partial charge >= 0.3 is 5.97 Å². The van der Waals surface area contributed by atoms with E-state index in [1.807, 2.05) is 43.3 Å². The van der Waals surface area contributed by atoms with Gasteiger partial charge in [-0.25, -0.2) is 4.79 Å². The molecule has 2 rings (SSSR count). The molecule has 4 nitrogen and oxygen atoms in total. The number of ether oxygens (including phenoxy) is 1. The molecule has 0 atom stereocenters. The van der Waals surface area contributed by atoms with Gasteiger partial charge in [0.05, 0.1) is 12.7 Å². The molecule has 4 heteroatoms. The molecule has 1 aromatic carbocycles. The molecular formula is C13H16N2O2. The summed E-state index contributed by atoms with van der Waals surface area (Å²) in [5, 5.41) is 0.913. The van der Waals surface area contributed by atoms with Crippen LogP contribution in [-0.4, -0.2) is 37.1 Å². The van der Waals surface area contributed by atoms with Crippen molar-refractivity contribution < 1.29 is 9.53 Å². The first-order valence-corrected chi connectivity index (χ1v) is 5.46. The lowest BCUT2D eigenvalue weighted by Crippen LogP contribution is -2.14. The van der Waals surface area contributed by atoms with Gasteiger partial charge in [-0.3, -0.25) is 0 Å². The first kappa shape index (κ1) is 11.7. The summed E-state index contributed by atoms with van der Waals surface area (Å²) in [6, 6.07) is 7.75. The molecule has 0 aliphatic heterocycles. The Bertz CT molecular complexity index is 543. The number of carbonyl (C=O) groups is 1. The summed E-state index contributed by atoms with van der Waals surface area (Å²) in [4.78, 5) is 17.1. The Balaban J connectivity index is 2.60. The van der Waals surface area contributed by atoms with E-state index in [4.69, 9.17) is 4.74 Å². The zero-order valence-electron chi connectivity index (χ0n) is 10.3. The number of nitrogens with one attached hydrogen (secondary N) is 1. The zero-order valence-corrected chi connectivity index (χ0v) is 10.3. The van der Waals surface area contributed by atoms with E-state index in [0.717, 1.165) is 16.6 Å². The minimum Gasteiger partial charge on any atom is -0.465 e. The highest BCUT2D eigenvalue weighted by molar-refractivity contribution is 6.05. The molecule has 1 aromatic heterocycles. The predicted molar refractivity (Wildman–Crippen MR) is 67.0 cm³/mol. The fraction of sp³-hybridized carbons (Fsp3) is 0.308. The second-order valence-corrected chi connectivity index (χ2v) is 4.25. The Kier molecular flexibility index (Phi) is 3.15. The number of esters is 1. The first-order valence-electron chi connectivity index (χ1n) is 5.46. The number of H-pyrrole nitrogens is 1. The van der Waals surface area contributed by atoms with Crippen LogP contribution in [0.4, 0.5) is 0 Å². The summed E-state index contributed by atoms with van der Waals surface area (Å²) in [5.41, 5.74) is 2.49. The molecule has 0 aliphatic rings. The number of fused-ring (bicyclic) bond motifs is 1. The Morgan fingerprint density at radius 2 is 2.06 bits per heavy atom. The monoisotopic (exact) mass is 232 g/mol. The highest BCUT2D eigenvalue weighted by atomic mass is 16.5. The molecule has 2 aromatic rings. The van der Waals surface area contributed by atoms with Crippen molar-refractivity contribution in [2.24, 2.45) is 0 Å². The van der Waals surface area contributed by atoms with Crippen LogP contribution >= 0.6 is 0 Å². The number of aromatic nitrogens is 1. The molecule has 0 amide bonds. The third kappa shape index (κ3) is 2.17. The van der Waals surface area contributed by atoms with Gasteiger partial charge in [0, 0.05) is 23.1 Å². The number of hydrogen-bond acceptors (Lipinski definition) is 3. The van der Waals surface area contributed by atoms with Crippen LogP contribution in [0.5, 0.6) is 0 Å². The van der Waals surface area contributed by atoms with Crippen LogP contribution in [0.15, 0.2) is 24.3 Å². The second kappa shape index (κ2) is 4.59. The largest absolute Gasteiger partial charge is 0.465 e. The van der Waals surface area contributed by atoms with Gasteiger partial charge in [0.1, 0.15) is 0 Å². The molecule has 0 saturated carbocycles. The lowest BCUT2D eigenvalue weighted by Gasteiger charge is -2.09. The summed E-state index contributed by atoms with van der Waals surface area (Å²) in [7, 11) is 5.34. The zero-order chi connectivity index (χ0) is 12.4. The molecule has 0 spiro atoms. The van der Waals surface area contributed by atoms with Crippen LogP contribution < -0.4 is 0 Å². The summed E-state index contributed by atoms with van der Waals surface area (Å²) in [5.74, 6) is -0.292. The minimum absolute atomic E-state index is 0.292. The normalized spacial score (nSPS) is 11.1. The molecule has 1 heterocycles. The van der Waals surface area contributed by atoms with Gasteiger partial charge in [0.25, 0.3) is 0 Å². The van der Waals surface area contributed by atoms with E-state index in [-0.39, 0.29) is 5.97 Å². The van der Waals surface area contributed by atoms with Gasteiger partial charge in [-0.1, -0.05) is 18.2 Å². The Labute approximate surface area is 100 Å². The Morgan fingerprint density at radius 1 is 1.35 bits per heavy atom. The maximum Gasteiger partial charge on any atom is 0.340 e. The quantitative estimate of drug-likeness (QED) is 0.823. The van der Waals surface area contributed by atoms with Crippen LogP contribution in [0.2, 0.25) is 0 Å². The van der Waals surface area contributed by atoms with E-state index < -0.39 is 0 Å². The average molecular weight is 232 g/mol. The fourth-order valence-corrected chi connectivity index (χ4v) is 1.97. The molecule has 0 saturated heterocycles. The third-order valence-corrected chi connectivity index (χ3v) is 2.65. The SMILES string of the molecule is COC(=O)c1c(CN(C)C)[nH]c2ccccc12. The van der Waals surface area contributed by atoms with Crippen molar-refractivity contribution >= 4 is 16.9 Å². The number of carbonyl (C=O) groups excluding carboxylic acids is 1. The van der Waals surface area contributed by atoms with Crippen LogP contribution in [-0.2, 0) is 11.3 Å². The van der Waals surface area contributed by atoms with E-state index in [1.54, 1.807) is 0 Å². The number of hydrogen-bond donors (Lipinski definition) is 1. The van der Waals surface area contributed by atoms with Crippen molar-refractivity contribution in [1.82, 2.24) is 9.88 Å². The van der Waals surface area contributed by atoms with Crippen molar-refractivity contribution in [2.75, 3.05) is 21.2 Å². The fourth-order valence-electron chi connectivity index (χ4n) is 1.97. The predicted octanol–water partition coefficient (Wildman–Crippen LogP) is 2.02. The summed E-state index contributed by atoms with van der Waals surface area (Å²) >= 11 is 0. The van der Waals surface area contributed by atoms with Crippen LogP contribution in [0.3, 0.4) is 0 Å². The number of benzene rings is 1. The van der Waals surface area contributed by atoms with E-state index in [0.29, 0.717) is 12.1 Å². The maximum absolute atomic E-state index is 11.8. The number of rotatable bonds is 3. The minimum atomic E-state index is -0.292. The third-order valence-electron chi connectivity index (χ3n) is 2.65. The molecule has 17 heavy (non-hydrogen) atoms. The van der Waals surface area contributed by atoms with E-state index in [1.165, 1.54) is 7.11 Å². The van der Waals surface area contributed by atoms with Gasteiger partial charge in [-0.05, 0) is 20.2 Å². The van der Waals surface area contributed by atoms with Crippen LogP contribution in [0.1, 0.15) is 16.1 Å². The van der Waals surface area contributed by atoms with Gasteiger partial charge in [0.2, 0.25) is 0 Å². The van der Waals surface area contributed by atoms with Gasteiger partial charge < -0.3 is 14.6 Å². The van der Waals surface area contributed by atoms with E-state index in [2.05, 4.69) is 4.98 Å². The Morgan fingerprint density at radius 3 is 2.71 bits per heavy atom. The van der Waals surface area contributed by atoms with Crippen LogP contribution in [0.25, 0.3) is 10.9 Å². The lowest BCUT2D eigenvalue weighted by molar-refractivity contribution is 0.0601. The summed E-state index contributed by atoms with van der Waals surface area (Å²) in [6.45, 7) is 0.680. The summed E-state index contributed by atoms with van der Waals surface area (Å²) in [6.07, 6.45) is 0. The molecule has 0 bridgehead atoms. The standard InChI is InChI=1S/C13H16N2O2/c1-15(2)8-11-12(13(16)17-3)9-6-4-5-7-10(9)14-11/h4-7,14H,8H2,1-3H3. The van der Waals surface area contributed by atoms with Gasteiger partial charge in [-0.15, -0.1) is 0 Å². The van der Waals surface area contributed by atoms with Crippen LogP contribution in [0, 0.1) is 0 Å². The Hall–Kier alpha value is -1.81. The van der Waals surface area contributed by atoms with Gasteiger partial charge in [-0.2, -0.15) is 0 Å². The molecule has 0 fully saturated rings. The van der Waals surface area contributed by atoms with Gasteiger partial charge in [0.15, 0.2) is 0 Å². The number of nitrogens with zero attached hydrogens (tertiary/aromatic N) is 1. The van der Waals surface area contributed by atoms with Crippen molar-refractivity contribution in [3.05, 3.63) is 35.5 Å². The number of methoxy groups -OCH3 is 1. The molecule has 0 radical (unpaired) electrons. The smallest absolute Gasteiger partial charge is 0.340 e. The number of aromatic amines is 1. The molecule has 0 unspecified atom stereocenters. The average Bonchev–Trinajstić information content (AvgIpc) is 2.65. The highest BCUT2D eigenvalue weighted by Gasteiger charge is 2.18. The molecule has 0 aliphatic carbocycles. The first-order chi connectivity index (χ1) is 8.13. The van der Waals surface area contributed by atoms with E-state index >= 15 is 0 Å². The highest BCUT2D eigenvalue weighted by Crippen LogP contribution is 2.23. The second-order valence-electron chi connectivity index (χ2n) is 4.25. The summed E-state index contributed by atoms with van der Waals surface area (Å²) < 4.78 is 4.85. The maximum atomic E-state index is 11.8. The lowest BCUT2D eigenvalue weighted by atomic mass is 10.1. The van der Waals surface area contributed by atoms with Crippen molar-refractivity contribution in [3.8, 4) is 0 Å². The van der Waals surface area contributed by atoms with Crippen molar-refractivity contribution in [3.63, 3.8) is 0 Å². The molecule has 1 N–H and O–H groups in total. The van der Waals surface area contributed by atoms with E-state index in [9.17, 15) is 4.79 Å². The molecular weight excluding hydrogens is 216 g/mol. The van der Waals surface area contributed by atoms with Crippen molar-refractivity contribution in [1.29, 1.82) is 0 Å². The topological polar surface area (TPSA) is 45.3 Å². The van der Waals surface area contributed by atoms with Crippen molar-refractivity contribution in [2.45, 2.75) is 6.54 Å². The number of para-hydroxylation sites is 1.